The maximum Gasteiger partial charge on any atom is 0.294 e. The number of rotatable bonds is 7. The van der Waals surface area contributed by atoms with Gasteiger partial charge in [-0.25, -0.2) is 0 Å². The summed E-state index contributed by atoms with van der Waals surface area (Å²) >= 11 is 6.01. The molecule has 0 spiro atoms. The first kappa shape index (κ1) is 23.6. The predicted molar refractivity (Wildman–Crippen MR) is 136 cm³/mol. The molecule has 1 aliphatic heterocycles. The molecule has 1 aliphatic rings. The highest BCUT2D eigenvalue weighted by Crippen LogP contribution is 2.36. The molecule has 3 aromatic carbocycles. The first-order valence-electron chi connectivity index (χ1n) is 11.3. The Hall–Kier alpha value is -3.57. The number of hydrogen-bond donors (Lipinski definition) is 1. The van der Waals surface area contributed by atoms with Gasteiger partial charge in [-0.1, -0.05) is 61.8 Å². The van der Waals surface area contributed by atoms with E-state index in [4.69, 9.17) is 16.3 Å². The smallest absolute Gasteiger partial charge is 0.294 e. The molecule has 0 saturated carbocycles. The van der Waals surface area contributed by atoms with E-state index in [1.807, 2.05) is 60.7 Å². The second kappa shape index (κ2) is 10.6. The Morgan fingerprint density at radius 1 is 1.03 bits per heavy atom. The van der Waals surface area contributed by atoms with E-state index in [0.717, 1.165) is 17.5 Å². The Bertz CT molecular complexity index is 1200. The number of ether oxygens (including phenoxy) is 1. The lowest BCUT2D eigenvalue weighted by Crippen LogP contribution is -2.36. The lowest BCUT2D eigenvalue weighted by atomic mass is 10.1. The SMILES string of the molecule is CC(C)CCNC(=O)c1ccc(C=C2Oc3ccccc3N(Cc3ccc(Cl)cc3)C2=O)cc1. The molecule has 1 N–H and O–H groups in total. The fourth-order valence-electron chi connectivity index (χ4n) is 3.65. The average molecular weight is 475 g/mol. The van der Waals surface area contributed by atoms with Crippen LogP contribution in [0.4, 0.5) is 5.69 Å². The predicted octanol–water partition coefficient (Wildman–Crippen LogP) is 6.08. The summed E-state index contributed by atoms with van der Waals surface area (Å²) in [5, 5.41) is 3.58. The molecule has 2 amide bonds. The first-order valence-corrected chi connectivity index (χ1v) is 11.7. The minimum Gasteiger partial charge on any atom is -0.449 e. The van der Waals surface area contributed by atoms with Crippen LogP contribution in [0.15, 0.2) is 78.6 Å². The number of hydrogen-bond acceptors (Lipinski definition) is 3. The fourth-order valence-corrected chi connectivity index (χ4v) is 3.78. The number of nitrogens with zero attached hydrogens (tertiary/aromatic N) is 1. The van der Waals surface area contributed by atoms with E-state index < -0.39 is 0 Å². The highest BCUT2D eigenvalue weighted by Gasteiger charge is 2.30. The van der Waals surface area contributed by atoms with Crippen molar-refractivity contribution >= 4 is 35.2 Å². The molecule has 0 atom stereocenters. The number of nitrogens with one attached hydrogen (secondary N) is 1. The van der Waals surface area contributed by atoms with Crippen molar-refractivity contribution in [1.82, 2.24) is 5.32 Å². The molecule has 0 aliphatic carbocycles. The Labute approximate surface area is 205 Å². The second-order valence-electron chi connectivity index (χ2n) is 8.66. The number of carbonyl (C=O) groups is 2. The molecule has 4 rings (SSSR count). The van der Waals surface area contributed by atoms with Gasteiger partial charge in [0.1, 0.15) is 0 Å². The summed E-state index contributed by atoms with van der Waals surface area (Å²) in [5.74, 6) is 1.04. The van der Waals surface area contributed by atoms with Gasteiger partial charge in [-0.2, -0.15) is 0 Å². The van der Waals surface area contributed by atoms with Gasteiger partial charge in [0.15, 0.2) is 11.5 Å². The molecule has 5 nitrogen and oxygen atoms in total. The van der Waals surface area contributed by atoms with Crippen LogP contribution in [0.5, 0.6) is 5.75 Å². The van der Waals surface area contributed by atoms with Crippen molar-refractivity contribution in [3.05, 3.63) is 100 Å². The molecule has 3 aromatic rings. The summed E-state index contributed by atoms with van der Waals surface area (Å²) < 4.78 is 5.96. The molecule has 0 bridgehead atoms. The topological polar surface area (TPSA) is 58.6 Å². The van der Waals surface area contributed by atoms with E-state index in [1.54, 1.807) is 23.1 Å². The Kier molecular flexibility index (Phi) is 7.33. The van der Waals surface area contributed by atoms with Gasteiger partial charge in [0, 0.05) is 17.1 Å². The summed E-state index contributed by atoms with van der Waals surface area (Å²) in [6.45, 7) is 5.28. The zero-order valence-corrected chi connectivity index (χ0v) is 20.0. The zero-order valence-electron chi connectivity index (χ0n) is 19.3. The van der Waals surface area contributed by atoms with E-state index in [-0.39, 0.29) is 17.6 Å². The quantitative estimate of drug-likeness (QED) is 0.422. The van der Waals surface area contributed by atoms with E-state index in [9.17, 15) is 9.59 Å². The van der Waals surface area contributed by atoms with Gasteiger partial charge in [-0.15, -0.1) is 0 Å². The zero-order chi connectivity index (χ0) is 24.1. The molecule has 0 fully saturated rings. The lowest BCUT2D eigenvalue weighted by Gasteiger charge is -2.30. The summed E-state index contributed by atoms with van der Waals surface area (Å²) in [7, 11) is 0. The van der Waals surface area contributed by atoms with Crippen LogP contribution in [-0.4, -0.2) is 18.4 Å². The standard InChI is InChI=1S/C28H27ClN2O3/c1-19(2)15-16-30-27(32)22-11-7-20(8-12-22)17-26-28(33)31(18-21-9-13-23(29)14-10-21)24-5-3-4-6-25(24)34-26/h3-14,17,19H,15-16,18H2,1-2H3,(H,30,32). The summed E-state index contributed by atoms with van der Waals surface area (Å²) in [6.07, 6.45) is 2.64. The Morgan fingerprint density at radius 2 is 1.74 bits per heavy atom. The highest BCUT2D eigenvalue weighted by atomic mass is 35.5. The summed E-state index contributed by atoms with van der Waals surface area (Å²) in [6, 6.07) is 22.0. The van der Waals surface area contributed by atoms with Gasteiger partial charge in [-0.05, 0) is 65.9 Å². The van der Waals surface area contributed by atoms with Gasteiger partial charge < -0.3 is 10.1 Å². The fraction of sp³-hybridized carbons (Fsp3) is 0.214. The molecule has 6 heteroatoms. The van der Waals surface area contributed by atoms with Crippen LogP contribution in [0.1, 0.15) is 41.8 Å². The molecule has 34 heavy (non-hydrogen) atoms. The van der Waals surface area contributed by atoms with Crippen LogP contribution in [0.3, 0.4) is 0 Å². The van der Waals surface area contributed by atoms with Crippen LogP contribution in [0.2, 0.25) is 5.02 Å². The molecular formula is C28H27ClN2O3. The number of anilines is 1. The van der Waals surface area contributed by atoms with Crippen molar-refractivity contribution in [3.63, 3.8) is 0 Å². The number of halogens is 1. The van der Waals surface area contributed by atoms with Crippen molar-refractivity contribution in [2.24, 2.45) is 5.92 Å². The van der Waals surface area contributed by atoms with Crippen molar-refractivity contribution < 1.29 is 14.3 Å². The molecule has 0 radical (unpaired) electrons. The van der Waals surface area contributed by atoms with Gasteiger partial charge in [0.05, 0.1) is 12.2 Å². The number of benzene rings is 3. The van der Waals surface area contributed by atoms with Crippen molar-refractivity contribution in [2.45, 2.75) is 26.8 Å². The third-order valence-corrected chi connectivity index (χ3v) is 5.82. The number of fused-ring (bicyclic) bond motifs is 1. The van der Waals surface area contributed by atoms with Gasteiger partial charge in [0.2, 0.25) is 0 Å². The summed E-state index contributed by atoms with van der Waals surface area (Å²) in [4.78, 5) is 27.4. The maximum absolute atomic E-state index is 13.4. The molecular weight excluding hydrogens is 448 g/mol. The number of carbonyl (C=O) groups excluding carboxylic acids is 2. The van der Waals surface area contributed by atoms with Crippen LogP contribution >= 0.6 is 11.6 Å². The minimum atomic E-state index is -0.232. The van der Waals surface area contributed by atoms with Crippen molar-refractivity contribution in [1.29, 1.82) is 0 Å². The maximum atomic E-state index is 13.4. The Balaban J connectivity index is 1.54. The van der Waals surface area contributed by atoms with Crippen LogP contribution in [0.25, 0.3) is 6.08 Å². The third kappa shape index (κ3) is 5.67. The van der Waals surface area contributed by atoms with Crippen LogP contribution in [0, 0.1) is 5.92 Å². The number of amides is 2. The van der Waals surface area contributed by atoms with E-state index in [1.165, 1.54) is 0 Å². The molecule has 1 heterocycles. The van der Waals surface area contributed by atoms with Crippen LogP contribution in [-0.2, 0) is 11.3 Å². The van der Waals surface area contributed by atoms with Crippen molar-refractivity contribution in [3.8, 4) is 5.75 Å². The lowest BCUT2D eigenvalue weighted by molar-refractivity contribution is -0.117. The molecule has 0 unspecified atom stereocenters. The van der Waals surface area contributed by atoms with E-state index in [2.05, 4.69) is 19.2 Å². The second-order valence-corrected chi connectivity index (χ2v) is 9.09. The van der Waals surface area contributed by atoms with Gasteiger partial charge >= 0.3 is 0 Å². The van der Waals surface area contributed by atoms with Gasteiger partial charge in [0.25, 0.3) is 11.8 Å². The molecule has 0 aromatic heterocycles. The molecule has 174 valence electrons. The largest absolute Gasteiger partial charge is 0.449 e. The monoisotopic (exact) mass is 474 g/mol. The van der Waals surface area contributed by atoms with E-state index in [0.29, 0.717) is 41.0 Å². The van der Waals surface area contributed by atoms with Crippen LogP contribution < -0.4 is 15.0 Å². The number of para-hydroxylation sites is 2. The first-order chi connectivity index (χ1) is 16.4. The minimum absolute atomic E-state index is 0.104. The summed E-state index contributed by atoms with van der Waals surface area (Å²) in [5.41, 5.74) is 3.03. The van der Waals surface area contributed by atoms with E-state index >= 15 is 0 Å². The average Bonchev–Trinajstić information content (AvgIpc) is 2.83. The molecule has 0 saturated heterocycles. The van der Waals surface area contributed by atoms with Gasteiger partial charge in [-0.3, -0.25) is 14.5 Å². The van der Waals surface area contributed by atoms with Crippen molar-refractivity contribution in [2.75, 3.05) is 11.4 Å². The normalized spacial score (nSPS) is 14.2. The Morgan fingerprint density at radius 3 is 2.44 bits per heavy atom. The highest BCUT2D eigenvalue weighted by molar-refractivity contribution is 6.30. The third-order valence-electron chi connectivity index (χ3n) is 5.56.